The predicted molar refractivity (Wildman–Crippen MR) is 119 cm³/mol. The zero-order valence-electron chi connectivity index (χ0n) is 17.1. The molecule has 31 heavy (non-hydrogen) atoms. The van der Waals surface area contributed by atoms with E-state index in [-0.39, 0.29) is 18.0 Å². The van der Waals surface area contributed by atoms with E-state index < -0.39 is 0 Å². The van der Waals surface area contributed by atoms with Crippen molar-refractivity contribution in [3.05, 3.63) is 61.7 Å². The molecule has 1 N–H and O–H groups in total. The van der Waals surface area contributed by atoms with Crippen LogP contribution in [0.25, 0.3) is 0 Å². The summed E-state index contributed by atoms with van der Waals surface area (Å²) < 4.78 is 8.96. The van der Waals surface area contributed by atoms with Crippen LogP contribution in [0.2, 0.25) is 5.02 Å². The smallest absolute Gasteiger partial charge is 0.345 e. The van der Waals surface area contributed by atoms with E-state index in [0.29, 0.717) is 31.1 Å². The summed E-state index contributed by atoms with van der Waals surface area (Å²) in [7, 11) is 0. The number of amides is 1. The maximum Gasteiger partial charge on any atom is 0.345 e. The van der Waals surface area contributed by atoms with Crippen molar-refractivity contribution in [2.75, 3.05) is 6.54 Å². The first-order valence-corrected chi connectivity index (χ1v) is 11.6. The number of rotatable bonds is 9. The van der Waals surface area contributed by atoms with Gasteiger partial charge in [-0.3, -0.25) is 9.36 Å². The molecule has 0 spiro atoms. The highest BCUT2D eigenvalue weighted by Gasteiger charge is 2.16. The van der Waals surface area contributed by atoms with Crippen LogP contribution in [0.3, 0.4) is 0 Å². The monoisotopic (exact) mass is 461 g/mol. The number of hydrogen-bond donors (Lipinski definition) is 1. The molecule has 0 bridgehead atoms. The van der Waals surface area contributed by atoms with Gasteiger partial charge in [-0.2, -0.15) is 5.10 Å². The Morgan fingerprint density at radius 3 is 2.90 bits per heavy atom. The van der Waals surface area contributed by atoms with Crippen molar-refractivity contribution in [1.29, 1.82) is 0 Å². The number of carbonyl (C=O) groups is 1. The largest absolute Gasteiger partial charge is 0.486 e. The Morgan fingerprint density at radius 2 is 2.10 bits per heavy atom. The fourth-order valence-electron chi connectivity index (χ4n) is 3.45. The minimum Gasteiger partial charge on any atom is -0.486 e. The zero-order valence-corrected chi connectivity index (χ0v) is 18.6. The number of aromatic nitrogens is 4. The van der Waals surface area contributed by atoms with Crippen LogP contribution >= 0.6 is 22.9 Å². The Morgan fingerprint density at radius 1 is 1.26 bits per heavy atom. The summed E-state index contributed by atoms with van der Waals surface area (Å²) in [4.78, 5) is 28.9. The Labute approximate surface area is 188 Å². The lowest BCUT2D eigenvalue weighted by Crippen LogP contribution is -2.30. The van der Waals surface area contributed by atoms with E-state index in [1.54, 1.807) is 28.8 Å². The van der Waals surface area contributed by atoms with Crippen molar-refractivity contribution in [3.63, 3.8) is 0 Å². The van der Waals surface area contributed by atoms with Gasteiger partial charge in [0.1, 0.15) is 23.2 Å². The third-order valence-corrected chi connectivity index (χ3v) is 6.14. The van der Waals surface area contributed by atoms with Gasteiger partial charge in [0, 0.05) is 36.5 Å². The average Bonchev–Trinajstić information content (AvgIpc) is 3.35. The van der Waals surface area contributed by atoms with Gasteiger partial charge in [0.2, 0.25) is 5.91 Å². The van der Waals surface area contributed by atoms with Gasteiger partial charge in [-0.05, 0) is 43.5 Å². The maximum atomic E-state index is 12.3. The number of thiazole rings is 1. The second kappa shape index (κ2) is 10.1. The zero-order chi connectivity index (χ0) is 21.6. The normalized spacial score (nSPS) is 13.1. The van der Waals surface area contributed by atoms with E-state index in [2.05, 4.69) is 15.4 Å². The van der Waals surface area contributed by atoms with E-state index in [9.17, 15) is 9.59 Å². The van der Waals surface area contributed by atoms with Crippen LogP contribution in [0.5, 0.6) is 5.75 Å². The summed E-state index contributed by atoms with van der Waals surface area (Å²) in [5.41, 5.74) is 0.673. The number of nitrogens with zero attached hydrogens (tertiary/aromatic N) is 4. The molecule has 0 saturated carbocycles. The molecule has 0 atom stereocenters. The second-order valence-electron chi connectivity index (χ2n) is 7.39. The van der Waals surface area contributed by atoms with Crippen LogP contribution in [0.15, 0.2) is 34.4 Å². The quantitative estimate of drug-likeness (QED) is 0.495. The highest BCUT2D eigenvalue weighted by atomic mass is 35.5. The molecule has 0 saturated heterocycles. The number of fused-ring (bicyclic) bond motifs is 1. The molecule has 2 aromatic heterocycles. The summed E-state index contributed by atoms with van der Waals surface area (Å²) in [5, 5.41) is 10.6. The summed E-state index contributed by atoms with van der Waals surface area (Å²) in [5.74, 6) is 1.50. The van der Waals surface area contributed by atoms with E-state index >= 15 is 0 Å². The Balaban J connectivity index is 1.18. The van der Waals surface area contributed by atoms with Crippen molar-refractivity contribution in [2.24, 2.45) is 0 Å². The molecule has 1 amide bonds. The average molecular weight is 462 g/mol. The molecule has 4 rings (SSSR count). The first-order chi connectivity index (χ1) is 15.1. The Kier molecular flexibility index (Phi) is 7.03. The lowest BCUT2D eigenvalue weighted by Gasteiger charge is -2.09. The van der Waals surface area contributed by atoms with Crippen molar-refractivity contribution >= 4 is 28.8 Å². The van der Waals surface area contributed by atoms with Gasteiger partial charge in [0.05, 0.1) is 12.1 Å². The van der Waals surface area contributed by atoms with Crippen LogP contribution in [0.4, 0.5) is 0 Å². The SMILES string of the molecule is O=C(Cc1csc(COc2ccc(Cl)cc2)n1)NCCCn1nc2n(c1=O)CCCC2. The number of aryl methyl sites for hydroxylation is 2. The third-order valence-electron chi connectivity index (χ3n) is 5.02. The van der Waals surface area contributed by atoms with Gasteiger partial charge in [-0.15, -0.1) is 11.3 Å². The van der Waals surface area contributed by atoms with Gasteiger partial charge in [-0.1, -0.05) is 11.6 Å². The van der Waals surface area contributed by atoms with Crippen LogP contribution in [0.1, 0.15) is 35.8 Å². The van der Waals surface area contributed by atoms with Gasteiger partial charge in [0.15, 0.2) is 0 Å². The van der Waals surface area contributed by atoms with Crippen molar-refractivity contribution in [2.45, 2.75) is 51.8 Å². The molecule has 8 nitrogen and oxygen atoms in total. The van der Waals surface area contributed by atoms with Crippen LogP contribution < -0.4 is 15.7 Å². The van der Waals surface area contributed by atoms with Crippen molar-refractivity contribution in [1.82, 2.24) is 24.6 Å². The summed E-state index contributed by atoms with van der Waals surface area (Å²) >= 11 is 7.33. The van der Waals surface area contributed by atoms with Gasteiger partial charge in [-0.25, -0.2) is 14.5 Å². The number of benzene rings is 1. The summed E-state index contributed by atoms with van der Waals surface area (Å²) in [6.07, 6.45) is 3.84. The molecular formula is C21H24ClN5O3S. The molecule has 0 unspecified atom stereocenters. The molecule has 0 fully saturated rings. The van der Waals surface area contributed by atoms with E-state index in [1.807, 2.05) is 5.38 Å². The number of nitrogens with one attached hydrogen (secondary N) is 1. The van der Waals surface area contributed by atoms with Crippen molar-refractivity contribution in [3.8, 4) is 5.75 Å². The second-order valence-corrected chi connectivity index (χ2v) is 8.77. The minimum absolute atomic E-state index is 0.0446. The van der Waals surface area contributed by atoms with Gasteiger partial charge >= 0.3 is 5.69 Å². The molecule has 1 aromatic carbocycles. The standard InChI is InChI=1S/C21H24ClN5O3S/c22-15-5-7-17(8-6-15)30-13-20-24-16(14-31-20)12-19(28)23-9-3-11-27-21(29)26-10-2-1-4-18(26)25-27/h5-8,14H,1-4,9-13H2,(H,23,28). The fraction of sp³-hybridized carbons (Fsp3) is 0.429. The maximum absolute atomic E-state index is 12.3. The lowest BCUT2D eigenvalue weighted by molar-refractivity contribution is -0.120. The van der Waals surface area contributed by atoms with Crippen molar-refractivity contribution < 1.29 is 9.53 Å². The number of hydrogen-bond acceptors (Lipinski definition) is 6. The van der Waals surface area contributed by atoms with E-state index in [0.717, 1.165) is 48.1 Å². The molecule has 3 heterocycles. The first-order valence-electron chi connectivity index (χ1n) is 10.3. The Bertz CT molecular complexity index is 1090. The topological polar surface area (TPSA) is 91.0 Å². The summed E-state index contributed by atoms with van der Waals surface area (Å²) in [6, 6.07) is 7.14. The molecule has 10 heteroatoms. The van der Waals surface area contributed by atoms with Crippen LogP contribution in [-0.4, -0.2) is 31.8 Å². The Hall–Kier alpha value is -2.65. The fourth-order valence-corrected chi connectivity index (χ4v) is 4.28. The third kappa shape index (κ3) is 5.74. The molecule has 3 aromatic rings. The number of halogens is 1. The highest BCUT2D eigenvalue weighted by Crippen LogP contribution is 2.18. The number of carbonyl (C=O) groups excluding carboxylic acids is 1. The molecule has 0 radical (unpaired) electrons. The van der Waals surface area contributed by atoms with Crippen LogP contribution in [-0.2, 0) is 37.3 Å². The van der Waals surface area contributed by atoms with Gasteiger partial charge < -0.3 is 10.1 Å². The minimum atomic E-state index is -0.0908. The first kappa shape index (κ1) is 21.6. The predicted octanol–water partition coefficient (Wildman–Crippen LogP) is 2.82. The number of ether oxygens (including phenoxy) is 1. The molecule has 0 aliphatic carbocycles. The van der Waals surface area contributed by atoms with E-state index in [4.69, 9.17) is 16.3 Å². The molecular weight excluding hydrogens is 438 g/mol. The van der Waals surface area contributed by atoms with Crippen LogP contribution in [0, 0.1) is 0 Å². The van der Waals surface area contributed by atoms with Gasteiger partial charge in [0.25, 0.3) is 0 Å². The molecule has 164 valence electrons. The lowest BCUT2D eigenvalue weighted by atomic mass is 10.2. The van der Waals surface area contributed by atoms with E-state index in [1.165, 1.54) is 16.0 Å². The highest BCUT2D eigenvalue weighted by molar-refractivity contribution is 7.09. The molecule has 1 aliphatic heterocycles. The summed E-state index contributed by atoms with van der Waals surface area (Å²) in [6.45, 7) is 2.09. The molecule has 1 aliphatic rings.